The summed E-state index contributed by atoms with van der Waals surface area (Å²) in [6.07, 6.45) is 2.35. The summed E-state index contributed by atoms with van der Waals surface area (Å²) in [7, 11) is 4.02. The van der Waals surface area contributed by atoms with Gasteiger partial charge in [0.15, 0.2) is 0 Å². The van der Waals surface area contributed by atoms with Gasteiger partial charge in [-0.2, -0.15) is 0 Å². The van der Waals surface area contributed by atoms with Crippen molar-refractivity contribution in [3.05, 3.63) is 29.3 Å². The zero-order valence-corrected chi connectivity index (χ0v) is 13.1. The number of benzene rings is 1. The van der Waals surface area contributed by atoms with Gasteiger partial charge in [-0.3, -0.25) is 0 Å². The van der Waals surface area contributed by atoms with Gasteiger partial charge in [-0.25, -0.2) is 0 Å². The monoisotopic (exact) mass is 274 g/mol. The number of methoxy groups -OCH3 is 1. The van der Waals surface area contributed by atoms with Gasteiger partial charge in [0.05, 0.1) is 7.11 Å². The molecule has 0 spiro atoms. The molecule has 1 heterocycles. The standard InChI is InChI=1S/C17H26N2O/c1-5-18-16-15-10-12-6-7-13(20-4)11-14(12)17(16,2)8-9-19(15)3/h6-7,11,15-16,18H,5,8-10H2,1-4H3/t15-,16-,17?/m1/s1. The second-order valence-electron chi connectivity index (χ2n) is 6.48. The van der Waals surface area contributed by atoms with Crippen LogP contribution in [0.1, 0.15) is 31.4 Å². The average Bonchev–Trinajstić information content (AvgIpc) is 2.46. The van der Waals surface area contributed by atoms with Crippen LogP contribution in [0.15, 0.2) is 18.2 Å². The van der Waals surface area contributed by atoms with Gasteiger partial charge in [-0.15, -0.1) is 0 Å². The molecule has 3 rings (SSSR count). The molecule has 1 fully saturated rings. The maximum Gasteiger partial charge on any atom is 0.119 e. The number of fused-ring (bicyclic) bond motifs is 4. The van der Waals surface area contributed by atoms with E-state index in [4.69, 9.17) is 4.74 Å². The van der Waals surface area contributed by atoms with Gasteiger partial charge in [0.1, 0.15) is 5.75 Å². The lowest BCUT2D eigenvalue weighted by atomic mass is 9.61. The first kappa shape index (κ1) is 13.9. The molecule has 1 aromatic rings. The molecule has 0 aromatic heterocycles. The molecule has 2 aliphatic rings. The molecule has 2 bridgehead atoms. The van der Waals surface area contributed by atoms with E-state index in [0.717, 1.165) is 18.7 Å². The smallest absolute Gasteiger partial charge is 0.119 e. The van der Waals surface area contributed by atoms with Crippen molar-refractivity contribution in [1.82, 2.24) is 10.2 Å². The number of nitrogens with one attached hydrogen (secondary N) is 1. The molecule has 0 amide bonds. The SMILES string of the molecule is CCN[C@@H]1[C@H]2Cc3ccc(OC)cc3C1(C)CCN2C. The van der Waals surface area contributed by atoms with Crippen molar-refractivity contribution < 1.29 is 4.74 Å². The fourth-order valence-corrected chi connectivity index (χ4v) is 4.18. The first-order valence-electron chi connectivity index (χ1n) is 7.71. The van der Waals surface area contributed by atoms with Crippen molar-refractivity contribution in [2.24, 2.45) is 0 Å². The Morgan fingerprint density at radius 2 is 2.25 bits per heavy atom. The molecule has 0 saturated carbocycles. The number of likely N-dealkylation sites (N-methyl/N-ethyl adjacent to an activating group) is 2. The van der Waals surface area contributed by atoms with Crippen molar-refractivity contribution >= 4 is 0 Å². The van der Waals surface area contributed by atoms with Crippen LogP contribution < -0.4 is 10.1 Å². The molecule has 3 atom stereocenters. The van der Waals surface area contributed by atoms with E-state index in [-0.39, 0.29) is 5.41 Å². The summed E-state index contributed by atoms with van der Waals surface area (Å²) in [6, 6.07) is 7.77. The van der Waals surface area contributed by atoms with Gasteiger partial charge >= 0.3 is 0 Å². The van der Waals surface area contributed by atoms with Crippen LogP contribution >= 0.6 is 0 Å². The van der Waals surface area contributed by atoms with Gasteiger partial charge in [0, 0.05) is 17.5 Å². The second kappa shape index (κ2) is 5.05. The molecule has 1 aliphatic carbocycles. The summed E-state index contributed by atoms with van der Waals surface area (Å²) in [4.78, 5) is 2.53. The lowest BCUT2D eigenvalue weighted by Crippen LogP contribution is -2.66. The van der Waals surface area contributed by atoms with Crippen molar-refractivity contribution in [2.45, 2.75) is 44.2 Å². The fraction of sp³-hybridized carbons (Fsp3) is 0.647. The number of likely N-dealkylation sites (tertiary alicyclic amines) is 1. The molecule has 1 saturated heterocycles. The van der Waals surface area contributed by atoms with Crippen LogP contribution in [-0.2, 0) is 11.8 Å². The molecular formula is C17H26N2O. The molecular weight excluding hydrogens is 248 g/mol. The minimum absolute atomic E-state index is 0.218. The Morgan fingerprint density at radius 1 is 1.45 bits per heavy atom. The van der Waals surface area contributed by atoms with E-state index in [0.29, 0.717) is 12.1 Å². The highest BCUT2D eigenvalue weighted by atomic mass is 16.5. The van der Waals surface area contributed by atoms with Crippen molar-refractivity contribution in [2.75, 3.05) is 27.2 Å². The van der Waals surface area contributed by atoms with E-state index < -0.39 is 0 Å². The third-order valence-electron chi connectivity index (χ3n) is 5.41. The third kappa shape index (κ3) is 1.95. The Hall–Kier alpha value is -1.06. The molecule has 20 heavy (non-hydrogen) atoms. The lowest BCUT2D eigenvalue weighted by molar-refractivity contribution is 0.0669. The van der Waals surface area contributed by atoms with Gasteiger partial charge < -0.3 is 15.0 Å². The highest BCUT2D eigenvalue weighted by molar-refractivity contribution is 5.45. The van der Waals surface area contributed by atoms with Gasteiger partial charge in [-0.1, -0.05) is 19.9 Å². The third-order valence-corrected chi connectivity index (χ3v) is 5.41. The summed E-state index contributed by atoms with van der Waals surface area (Å²) >= 11 is 0. The predicted molar refractivity (Wildman–Crippen MR) is 82.5 cm³/mol. The molecule has 3 nitrogen and oxygen atoms in total. The average molecular weight is 274 g/mol. The maximum atomic E-state index is 5.45. The van der Waals surface area contributed by atoms with Crippen LogP contribution in [0.25, 0.3) is 0 Å². The first-order valence-corrected chi connectivity index (χ1v) is 7.71. The molecule has 110 valence electrons. The van der Waals surface area contributed by atoms with E-state index in [9.17, 15) is 0 Å². The normalized spacial score (nSPS) is 32.8. The molecule has 1 aromatic carbocycles. The molecule has 3 heteroatoms. The van der Waals surface area contributed by atoms with E-state index in [1.807, 2.05) is 0 Å². The van der Waals surface area contributed by atoms with Crippen LogP contribution in [0.5, 0.6) is 5.75 Å². The summed E-state index contributed by atoms with van der Waals surface area (Å²) in [5, 5.41) is 3.75. The van der Waals surface area contributed by atoms with Crippen molar-refractivity contribution in [3.63, 3.8) is 0 Å². The topological polar surface area (TPSA) is 24.5 Å². The Labute approximate surface area is 122 Å². The first-order chi connectivity index (χ1) is 9.60. The quantitative estimate of drug-likeness (QED) is 0.914. The number of hydrogen-bond acceptors (Lipinski definition) is 3. The summed E-state index contributed by atoms with van der Waals surface area (Å²) in [5.74, 6) is 0.984. The van der Waals surface area contributed by atoms with Gasteiger partial charge in [0.25, 0.3) is 0 Å². The Morgan fingerprint density at radius 3 is 2.95 bits per heavy atom. The number of rotatable bonds is 3. The lowest BCUT2D eigenvalue weighted by Gasteiger charge is -2.55. The Kier molecular flexibility index (Phi) is 3.51. The maximum absolute atomic E-state index is 5.45. The van der Waals surface area contributed by atoms with Crippen LogP contribution in [0, 0.1) is 0 Å². The van der Waals surface area contributed by atoms with Gasteiger partial charge in [0.2, 0.25) is 0 Å². The Balaban J connectivity index is 2.09. The molecule has 0 radical (unpaired) electrons. The zero-order chi connectivity index (χ0) is 14.3. The number of ether oxygens (including phenoxy) is 1. The van der Waals surface area contributed by atoms with Crippen LogP contribution in [0.4, 0.5) is 0 Å². The highest BCUT2D eigenvalue weighted by Gasteiger charge is 2.49. The largest absolute Gasteiger partial charge is 0.497 e. The molecule has 1 N–H and O–H groups in total. The highest BCUT2D eigenvalue weighted by Crippen LogP contribution is 2.45. The van der Waals surface area contributed by atoms with Crippen LogP contribution in [-0.4, -0.2) is 44.2 Å². The second-order valence-corrected chi connectivity index (χ2v) is 6.48. The fourth-order valence-electron chi connectivity index (χ4n) is 4.18. The summed E-state index contributed by atoms with van der Waals surface area (Å²) in [5.41, 5.74) is 3.21. The van der Waals surface area contributed by atoms with E-state index >= 15 is 0 Å². The Bertz CT molecular complexity index is 502. The number of nitrogens with zero attached hydrogens (tertiary/aromatic N) is 1. The van der Waals surface area contributed by atoms with Crippen molar-refractivity contribution in [1.29, 1.82) is 0 Å². The summed E-state index contributed by atoms with van der Waals surface area (Å²) in [6.45, 7) is 6.85. The zero-order valence-electron chi connectivity index (χ0n) is 13.1. The number of hydrogen-bond donors (Lipinski definition) is 1. The van der Waals surface area contributed by atoms with E-state index in [1.54, 1.807) is 7.11 Å². The van der Waals surface area contributed by atoms with Gasteiger partial charge in [-0.05, 0) is 56.2 Å². The van der Waals surface area contributed by atoms with Crippen molar-refractivity contribution in [3.8, 4) is 5.75 Å². The molecule has 1 unspecified atom stereocenters. The number of piperidine rings is 1. The summed E-state index contributed by atoms with van der Waals surface area (Å²) < 4.78 is 5.45. The minimum atomic E-state index is 0.218. The van der Waals surface area contributed by atoms with Crippen LogP contribution in [0.2, 0.25) is 0 Å². The van der Waals surface area contributed by atoms with Crippen LogP contribution in [0.3, 0.4) is 0 Å². The van der Waals surface area contributed by atoms with E-state index in [1.165, 1.54) is 24.1 Å². The molecule has 1 aliphatic heterocycles. The minimum Gasteiger partial charge on any atom is -0.497 e. The predicted octanol–water partition coefficient (Wildman–Crippen LogP) is 2.19. The van der Waals surface area contributed by atoms with E-state index in [2.05, 4.69) is 49.3 Å².